The van der Waals surface area contributed by atoms with Crippen LogP contribution in [0.5, 0.6) is 5.88 Å². The first-order chi connectivity index (χ1) is 16.9. The number of aliphatic carboxylic acids is 1. The number of rotatable bonds is 10. The van der Waals surface area contributed by atoms with Crippen molar-refractivity contribution in [1.82, 2.24) is 15.1 Å². The number of benzene rings is 2. The van der Waals surface area contributed by atoms with Gasteiger partial charge in [0.1, 0.15) is 12.4 Å². The Morgan fingerprint density at radius 2 is 1.89 bits per heavy atom. The third-order valence-electron chi connectivity index (χ3n) is 5.76. The number of carbonyl (C=O) groups excluding carboxylic acids is 1. The van der Waals surface area contributed by atoms with Crippen LogP contribution in [0.25, 0.3) is 5.69 Å². The van der Waals surface area contributed by atoms with Crippen LogP contribution >= 0.6 is 23.2 Å². The van der Waals surface area contributed by atoms with Crippen molar-refractivity contribution in [1.29, 1.82) is 0 Å². The lowest BCUT2D eigenvalue weighted by Crippen LogP contribution is -2.38. The molecule has 3 rings (SSSR count). The van der Waals surface area contributed by atoms with E-state index in [0.29, 0.717) is 5.56 Å². The van der Waals surface area contributed by atoms with Crippen molar-refractivity contribution in [3.63, 3.8) is 0 Å². The zero-order chi connectivity index (χ0) is 26.6. The van der Waals surface area contributed by atoms with Gasteiger partial charge in [0.25, 0.3) is 5.91 Å². The van der Waals surface area contributed by atoms with Gasteiger partial charge in [-0.05, 0) is 42.7 Å². The minimum Gasteiger partial charge on any atom is -0.481 e. The van der Waals surface area contributed by atoms with Crippen LogP contribution in [0.3, 0.4) is 0 Å². The molecule has 1 aromatic heterocycles. The van der Waals surface area contributed by atoms with E-state index < -0.39 is 35.8 Å². The standard InChI is InChI=1S/C25H26Cl2FN3O5/c1-14(2)25(3,35)13-36-21-11-20(30-31(21)16-7-4-6-15(28)10-16)24(34)29-19(12-22(32)33)17-8-5-9-18(26)23(17)27/h4-11,14,19,35H,12-13H2,1-3H3,(H,29,34)(H,32,33)/t19?,25-/m0/s1. The summed E-state index contributed by atoms with van der Waals surface area (Å²) in [6, 6.07) is 10.5. The summed E-state index contributed by atoms with van der Waals surface area (Å²) in [4.78, 5) is 24.6. The molecule has 1 heterocycles. The highest BCUT2D eigenvalue weighted by Crippen LogP contribution is 2.32. The molecule has 0 fully saturated rings. The van der Waals surface area contributed by atoms with E-state index >= 15 is 0 Å². The zero-order valence-electron chi connectivity index (χ0n) is 19.8. The van der Waals surface area contributed by atoms with E-state index in [1.165, 1.54) is 28.9 Å². The molecule has 0 aliphatic rings. The second-order valence-electron chi connectivity index (χ2n) is 8.83. The number of nitrogens with one attached hydrogen (secondary N) is 1. The Morgan fingerprint density at radius 3 is 2.53 bits per heavy atom. The fourth-order valence-corrected chi connectivity index (χ4v) is 3.63. The lowest BCUT2D eigenvalue weighted by Gasteiger charge is -2.27. The first kappa shape index (κ1) is 27.4. The van der Waals surface area contributed by atoms with E-state index in [4.69, 9.17) is 27.9 Å². The Bertz CT molecular complexity index is 1260. The van der Waals surface area contributed by atoms with Gasteiger partial charge in [-0.25, -0.2) is 9.07 Å². The minimum atomic E-state index is -1.19. The van der Waals surface area contributed by atoms with E-state index in [0.717, 1.165) is 0 Å². The third kappa shape index (κ3) is 6.54. The smallest absolute Gasteiger partial charge is 0.305 e. The molecular formula is C25H26Cl2FN3O5. The number of hydrogen-bond acceptors (Lipinski definition) is 5. The number of hydrogen-bond donors (Lipinski definition) is 3. The summed E-state index contributed by atoms with van der Waals surface area (Å²) < 4.78 is 20.9. The summed E-state index contributed by atoms with van der Waals surface area (Å²) >= 11 is 12.3. The predicted molar refractivity (Wildman–Crippen MR) is 133 cm³/mol. The number of halogens is 3. The number of carboxylic acid groups (broad SMARTS) is 1. The van der Waals surface area contributed by atoms with E-state index in [-0.39, 0.29) is 39.8 Å². The van der Waals surface area contributed by atoms with Crippen molar-refractivity contribution in [3.05, 3.63) is 75.7 Å². The van der Waals surface area contributed by atoms with Gasteiger partial charge in [-0.1, -0.05) is 55.2 Å². The van der Waals surface area contributed by atoms with E-state index in [2.05, 4.69) is 10.4 Å². The van der Waals surface area contributed by atoms with Crippen LogP contribution in [0.2, 0.25) is 10.0 Å². The molecule has 0 aliphatic heterocycles. The van der Waals surface area contributed by atoms with Crippen LogP contribution in [0.1, 0.15) is 49.3 Å². The van der Waals surface area contributed by atoms with Crippen molar-refractivity contribution in [2.24, 2.45) is 5.92 Å². The summed E-state index contributed by atoms with van der Waals surface area (Å²) in [5.74, 6) is -2.45. The lowest BCUT2D eigenvalue weighted by atomic mass is 9.94. The average molecular weight is 538 g/mol. The summed E-state index contributed by atoms with van der Waals surface area (Å²) in [5, 5.41) is 27.2. The normalized spacial score (nSPS) is 13.8. The monoisotopic (exact) mass is 537 g/mol. The van der Waals surface area contributed by atoms with Gasteiger partial charge in [-0.2, -0.15) is 5.10 Å². The van der Waals surface area contributed by atoms with Gasteiger partial charge in [0.05, 0.1) is 33.8 Å². The highest BCUT2D eigenvalue weighted by atomic mass is 35.5. The molecule has 0 radical (unpaired) electrons. The van der Waals surface area contributed by atoms with Gasteiger partial charge in [0, 0.05) is 6.07 Å². The molecule has 36 heavy (non-hydrogen) atoms. The molecule has 2 atom stereocenters. The highest BCUT2D eigenvalue weighted by molar-refractivity contribution is 6.42. The largest absolute Gasteiger partial charge is 0.481 e. The second-order valence-corrected chi connectivity index (χ2v) is 9.61. The van der Waals surface area contributed by atoms with Gasteiger partial charge < -0.3 is 20.3 Å². The molecular weight excluding hydrogens is 512 g/mol. The maximum atomic E-state index is 13.9. The summed E-state index contributed by atoms with van der Waals surface area (Å²) in [7, 11) is 0. The molecule has 2 aromatic carbocycles. The quantitative estimate of drug-likeness (QED) is 0.333. The van der Waals surface area contributed by atoms with E-state index in [9.17, 15) is 24.2 Å². The first-order valence-electron chi connectivity index (χ1n) is 11.1. The van der Waals surface area contributed by atoms with Crippen LogP contribution in [0.4, 0.5) is 4.39 Å². The molecule has 0 spiro atoms. The van der Waals surface area contributed by atoms with Gasteiger partial charge >= 0.3 is 5.97 Å². The van der Waals surface area contributed by atoms with Crippen LogP contribution in [0.15, 0.2) is 48.5 Å². The number of aromatic nitrogens is 2. The van der Waals surface area contributed by atoms with Crippen molar-refractivity contribution in [2.75, 3.05) is 6.61 Å². The molecule has 8 nitrogen and oxygen atoms in total. The van der Waals surface area contributed by atoms with Crippen molar-refractivity contribution >= 4 is 35.1 Å². The molecule has 1 unspecified atom stereocenters. The maximum Gasteiger partial charge on any atom is 0.305 e. The maximum absolute atomic E-state index is 13.9. The van der Waals surface area contributed by atoms with Gasteiger partial charge in [0.2, 0.25) is 5.88 Å². The molecule has 1 amide bonds. The minimum absolute atomic E-state index is 0.0854. The van der Waals surface area contributed by atoms with Crippen molar-refractivity contribution in [3.8, 4) is 11.6 Å². The molecule has 0 saturated heterocycles. The Kier molecular flexibility index (Phi) is 8.60. The Labute approximate surface area is 217 Å². The van der Waals surface area contributed by atoms with Crippen LogP contribution in [-0.4, -0.2) is 44.1 Å². The fraction of sp³-hybridized carbons (Fsp3) is 0.320. The first-order valence-corrected chi connectivity index (χ1v) is 11.8. The number of ether oxygens (including phenoxy) is 1. The summed E-state index contributed by atoms with van der Waals surface area (Å²) in [5.41, 5.74) is -0.691. The van der Waals surface area contributed by atoms with Crippen LogP contribution in [-0.2, 0) is 4.79 Å². The van der Waals surface area contributed by atoms with Gasteiger partial charge in [0.15, 0.2) is 5.69 Å². The van der Waals surface area contributed by atoms with Crippen molar-refractivity contribution in [2.45, 2.75) is 38.8 Å². The summed E-state index contributed by atoms with van der Waals surface area (Å²) in [6.07, 6.45) is -0.461. The number of carboxylic acids is 1. The van der Waals surface area contributed by atoms with E-state index in [1.807, 2.05) is 13.8 Å². The summed E-state index contributed by atoms with van der Waals surface area (Å²) in [6.45, 7) is 5.15. The van der Waals surface area contributed by atoms with Gasteiger partial charge in [-0.3, -0.25) is 9.59 Å². The van der Waals surface area contributed by atoms with Crippen LogP contribution < -0.4 is 10.1 Å². The number of nitrogens with zero attached hydrogens (tertiary/aromatic N) is 2. The zero-order valence-corrected chi connectivity index (χ0v) is 21.3. The highest BCUT2D eigenvalue weighted by Gasteiger charge is 2.28. The molecule has 3 N–H and O–H groups in total. The fourth-order valence-electron chi connectivity index (χ4n) is 3.19. The number of aliphatic hydroxyl groups is 1. The molecule has 192 valence electrons. The van der Waals surface area contributed by atoms with E-state index in [1.54, 1.807) is 31.2 Å². The number of amides is 1. The molecule has 3 aromatic rings. The van der Waals surface area contributed by atoms with Crippen molar-refractivity contribution < 1.29 is 28.9 Å². The Hall–Kier alpha value is -3.14. The predicted octanol–water partition coefficient (Wildman–Crippen LogP) is 5.05. The van der Waals surface area contributed by atoms with Crippen LogP contribution in [0, 0.1) is 11.7 Å². The topological polar surface area (TPSA) is 114 Å². The lowest BCUT2D eigenvalue weighted by molar-refractivity contribution is -0.137. The third-order valence-corrected chi connectivity index (χ3v) is 6.59. The van der Waals surface area contributed by atoms with Gasteiger partial charge in [-0.15, -0.1) is 0 Å². The average Bonchev–Trinajstić information content (AvgIpc) is 3.23. The second kappa shape index (κ2) is 11.3. The SMILES string of the molecule is CC(C)[C@@](C)(O)COc1cc(C(=O)NC(CC(=O)O)c2cccc(Cl)c2Cl)nn1-c1cccc(F)c1. The Balaban J connectivity index is 1.96. The molecule has 0 bridgehead atoms. The Morgan fingerprint density at radius 1 is 1.19 bits per heavy atom. The molecule has 11 heteroatoms. The molecule has 0 aliphatic carbocycles. The number of carbonyl (C=O) groups is 2. The molecule has 0 saturated carbocycles.